The van der Waals surface area contributed by atoms with Crippen LogP contribution in [-0.2, 0) is 19.0 Å². The molecule has 2 unspecified atom stereocenters. The third-order valence-electron chi connectivity index (χ3n) is 4.72. The number of rotatable bonds is 13. The van der Waals surface area contributed by atoms with Crippen molar-refractivity contribution in [2.75, 3.05) is 13.7 Å². The number of hydrogen-bond acceptors (Lipinski definition) is 4. The van der Waals surface area contributed by atoms with Crippen molar-refractivity contribution in [3.8, 4) is 0 Å². The van der Waals surface area contributed by atoms with Crippen molar-refractivity contribution < 1.29 is 19.0 Å². The van der Waals surface area contributed by atoms with E-state index in [1.165, 1.54) is 51.4 Å². The lowest BCUT2D eigenvalue weighted by Crippen LogP contribution is -2.24. The number of methoxy groups -OCH3 is 1. The van der Waals surface area contributed by atoms with Crippen LogP contribution in [0, 0.1) is 5.92 Å². The van der Waals surface area contributed by atoms with E-state index in [1.807, 2.05) is 13.8 Å². The Labute approximate surface area is 147 Å². The van der Waals surface area contributed by atoms with Gasteiger partial charge in [0.2, 0.25) is 6.29 Å². The topological polar surface area (TPSA) is 44.8 Å². The Balaban J connectivity index is 2.31. The highest BCUT2D eigenvalue weighted by atomic mass is 16.7. The molecule has 24 heavy (non-hydrogen) atoms. The zero-order valence-electron chi connectivity index (χ0n) is 16.1. The van der Waals surface area contributed by atoms with Crippen LogP contribution in [-0.4, -0.2) is 26.0 Å². The van der Waals surface area contributed by atoms with E-state index < -0.39 is 0 Å². The highest BCUT2D eigenvalue weighted by molar-refractivity contribution is 5.90. The Hall–Kier alpha value is -1.03. The monoisotopic (exact) mass is 340 g/mol. The summed E-state index contributed by atoms with van der Waals surface area (Å²) < 4.78 is 16.3. The van der Waals surface area contributed by atoms with E-state index in [0.29, 0.717) is 17.9 Å². The van der Waals surface area contributed by atoms with Gasteiger partial charge in [0, 0.05) is 7.11 Å². The van der Waals surface area contributed by atoms with E-state index in [2.05, 4.69) is 6.92 Å². The highest BCUT2D eigenvalue weighted by Crippen LogP contribution is 2.36. The van der Waals surface area contributed by atoms with Crippen LogP contribution in [0.4, 0.5) is 0 Å². The van der Waals surface area contributed by atoms with Crippen molar-refractivity contribution >= 4 is 5.97 Å². The van der Waals surface area contributed by atoms with Crippen LogP contribution in [0.5, 0.6) is 0 Å². The molecule has 0 radical (unpaired) electrons. The van der Waals surface area contributed by atoms with Crippen LogP contribution in [0.1, 0.15) is 85.0 Å². The Morgan fingerprint density at radius 2 is 1.58 bits per heavy atom. The summed E-state index contributed by atoms with van der Waals surface area (Å²) >= 11 is 0. The minimum absolute atomic E-state index is 0.00129. The first-order chi connectivity index (χ1) is 11.7. The normalized spacial score (nSPS) is 20.3. The van der Waals surface area contributed by atoms with Crippen molar-refractivity contribution in [3.05, 3.63) is 11.3 Å². The van der Waals surface area contributed by atoms with Crippen LogP contribution >= 0.6 is 0 Å². The van der Waals surface area contributed by atoms with Crippen molar-refractivity contribution in [1.82, 2.24) is 0 Å². The molecule has 1 rings (SSSR count). The maximum absolute atomic E-state index is 12.2. The molecule has 2 atom stereocenters. The summed E-state index contributed by atoms with van der Waals surface area (Å²) in [5, 5.41) is 0. The Bertz CT molecular complexity index is 389. The standard InChI is InChI=1S/C20H36O4/c1-5-7-8-9-10-11-12-13-14-15-17-18(19(21)23-6-2)16(3)24-20(17)22-4/h17,20H,5-15H2,1-4H3. The van der Waals surface area contributed by atoms with Gasteiger partial charge < -0.3 is 14.2 Å². The molecule has 0 bridgehead atoms. The molecule has 0 aromatic heterocycles. The van der Waals surface area contributed by atoms with Crippen LogP contribution in [0.15, 0.2) is 11.3 Å². The average molecular weight is 341 g/mol. The zero-order valence-corrected chi connectivity index (χ0v) is 16.1. The van der Waals surface area contributed by atoms with Gasteiger partial charge in [-0.3, -0.25) is 0 Å². The third kappa shape index (κ3) is 6.84. The van der Waals surface area contributed by atoms with E-state index in [4.69, 9.17) is 14.2 Å². The Morgan fingerprint density at radius 3 is 2.12 bits per heavy atom. The van der Waals surface area contributed by atoms with Crippen LogP contribution < -0.4 is 0 Å². The second-order valence-corrected chi connectivity index (χ2v) is 6.64. The zero-order chi connectivity index (χ0) is 17.8. The van der Waals surface area contributed by atoms with Crippen LogP contribution in [0.3, 0.4) is 0 Å². The molecule has 4 heteroatoms. The summed E-state index contributed by atoms with van der Waals surface area (Å²) in [6.07, 6.45) is 12.2. The second-order valence-electron chi connectivity index (χ2n) is 6.64. The number of carbonyl (C=O) groups is 1. The van der Waals surface area contributed by atoms with Gasteiger partial charge in [0.15, 0.2) is 0 Å². The lowest BCUT2D eigenvalue weighted by atomic mass is 9.92. The molecule has 0 aromatic carbocycles. The smallest absolute Gasteiger partial charge is 0.337 e. The van der Waals surface area contributed by atoms with Gasteiger partial charge in [-0.15, -0.1) is 0 Å². The lowest BCUT2D eigenvalue weighted by molar-refractivity contribution is -0.140. The van der Waals surface area contributed by atoms with E-state index in [9.17, 15) is 4.79 Å². The van der Waals surface area contributed by atoms with Crippen molar-refractivity contribution in [1.29, 1.82) is 0 Å². The molecule has 1 aliphatic heterocycles. The van der Waals surface area contributed by atoms with Gasteiger partial charge in [-0.1, -0.05) is 64.7 Å². The maximum atomic E-state index is 12.2. The minimum Gasteiger partial charge on any atom is -0.468 e. The fourth-order valence-corrected chi connectivity index (χ4v) is 3.39. The van der Waals surface area contributed by atoms with Gasteiger partial charge in [-0.25, -0.2) is 4.79 Å². The van der Waals surface area contributed by atoms with Crippen molar-refractivity contribution in [2.24, 2.45) is 5.92 Å². The van der Waals surface area contributed by atoms with E-state index >= 15 is 0 Å². The van der Waals surface area contributed by atoms with E-state index in [1.54, 1.807) is 7.11 Å². The molecule has 1 heterocycles. The van der Waals surface area contributed by atoms with Gasteiger partial charge in [-0.2, -0.15) is 0 Å². The van der Waals surface area contributed by atoms with E-state index in [-0.39, 0.29) is 18.2 Å². The first kappa shape index (κ1) is 21.0. The number of hydrogen-bond donors (Lipinski definition) is 0. The lowest BCUT2D eigenvalue weighted by Gasteiger charge is -2.19. The molecule has 1 aliphatic rings. The summed E-state index contributed by atoms with van der Waals surface area (Å²) in [5.41, 5.74) is 0.670. The number of carbonyl (C=O) groups excluding carboxylic acids is 1. The Morgan fingerprint density at radius 1 is 1.00 bits per heavy atom. The molecular formula is C20H36O4. The fourth-order valence-electron chi connectivity index (χ4n) is 3.39. The van der Waals surface area contributed by atoms with Gasteiger partial charge in [0.25, 0.3) is 0 Å². The van der Waals surface area contributed by atoms with Crippen molar-refractivity contribution in [2.45, 2.75) is 91.3 Å². The maximum Gasteiger partial charge on any atom is 0.337 e. The molecule has 0 amide bonds. The highest BCUT2D eigenvalue weighted by Gasteiger charge is 2.39. The summed E-state index contributed by atoms with van der Waals surface area (Å²) in [6, 6.07) is 0. The number of ether oxygens (including phenoxy) is 3. The molecule has 0 saturated heterocycles. The summed E-state index contributed by atoms with van der Waals surface area (Å²) in [6.45, 7) is 6.29. The average Bonchev–Trinajstić information content (AvgIpc) is 2.89. The van der Waals surface area contributed by atoms with E-state index in [0.717, 1.165) is 12.8 Å². The first-order valence-corrected chi connectivity index (χ1v) is 9.73. The third-order valence-corrected chi connectivity index (χ3v) is 4.72. The van der Waals surface area contributed by atoms with Gasteiger partial charge in [0.05, 0.1) is 18.1 Å². The molecule has 140 valence electrons. The predicted molar refractivity (Wildman–Crippen MR) is 96.5 cm³/mol. The number of unbranched alkanes of at least 4 members (excludes halogenated alkanes) is 8. The summed E-state index contributed by atoms with van der Waals surface area (Å²) in [4.78, 5) is 12.2. The first-order valence-electron chi connectivity index (χ1n) is 9.73. The predicted octanol–water partition coefficient (Wildman–Crippen LogP) is 5.36. The summed E-state index contributed by atoms with van der Waals surface area (Å²) in [5.74, 6) is 0.398. The fraction of sp³-hybridized carbons (Fsp3) is 0.850. The molecule has 0 N–H and O–H groups in total. The molecule has 0 aromatic rings. The molecule has 0 saturated carbocycles. The SMILES string of the molecule is CCCCCCCCCCCC1C(C(=O)OCC)=C(C)OC1OC. The number of esters is 1. The largest absolute Gasteiger partial charge is 0.468 e. The second kappa shape index (κ2) is 12.3. The minimum atomic E-state index is -0.349. The quantitative estimate of drug-likeness (QED) is 0.334. The summed E-state index contributed by atoms with van der Waals surface area (Å²) in [7, 11) is 1.63. The van der Waals surface area contributed by atoms with Crippen LogP contribution in [0.2, 0.25) is 0 Å². The molecule has 4 nitrogen and oxygen atoms in total. The van der Waals surface area contributed by atoms with Gasteiger partial charge >= 0.3 is 5.97 Å². The molecule has 0 spiro atoms. The molecular weight excluding hydrogens is 304 g/mol. The van der Waals surface area contributed by atoms with Gasteiger partial charge in [0.1, 0.15) is 5.76 Å². The van der Waals surface area contributed by atoms with Gasteiger partial charge in [-0.05, 0) is 20.3 Å². The molecule has 0 aliphatic carbocycles. The Kier molecular flexibility index (Phi) is 10.8. The van der Waals surface area contributed by atoms with Crippen molar-refractivity contribution in [3.63, 3.8) is 0 Å². The van der Waals surface area contributed by atoms with Crippen LogP contribution in [0.25, 0.3) is 0 Å². The number of allylic oxidation sites excluding steroid dienone is 1. The molecule has 0 fully saturated rings.